The molecule has 30 heavy (non-hydrogen) atoms. The number of fused-ring (bicyclic) bond motifs is 1. The molecule has 0 bridgehead atoms. The van der Waals surface area contributed by atoms with E-state index in [1.807, 2.05) is 0 Å². The molecule has 3 aromatic rings. The zero-order valence-electron chi connectivity index (χ0n) is 15.4. The molecule has 2 aromatic carbocycles. The predicted octanol–water partition coefficient (Wildman–Crippen LogP) is 3.08. The van der Waals surface area contributed by atoms with Crippen LogP contribution in [0.5, 0.6) is 0 Å². The SMILES string of the molecule is O=C(Nc1ccc(-n2ccnc2)c(Cl)c1)c1ccc2c(c1)S(=O)(=O)N(C1CC1)C2=O. The highest BCUT2D eigenvalue weighted by Gasteiger charge is 2.48. The number of rotatable bonds is 4. The summed E-state index contributed by atoms with van der Waals surface area (Å²) >= 11 is 6.31. The fraction of sp³-hybridized carbons (Fsp3) is 0.150. The maximum atomic E-state index is 12.8. The van der Waals surface area contributed by atoms with Crippen LogP contribution in [0.25, 0.3) is 5.69 Å². The van der Waals surface area contributed by atoms with E-state index in [0.29, 0.717) is 29.2 Å². The number of sulfonamides is 1. The Balaban J connectivity index is 1.41. The van der Waals surface area contributed by atoms with Crippen molar-refractivity contribution in [3.05, 3.63) is 71.3 Å². The molecule has 0 unspecified atom stereocenters. The third kappa shape index (κ3) is 2.98. The molecule has 5 rings (SSSR count). The molecule has 0 radical (unpaired) electrons. The van der Waals surface area contributed by atoms with Gasteiger partial charge in [0, 0.05) is 29.7 Å². The molecule has 10 heteroatoms. The Hall–Kier alpha value is -3.17. The highest BCUT2D eigenvalue weighted by molar-refractivity contribution is 7.90. The predicted molar refractivity (Wildman–Crippen MR) is 109 cm³/mol. The van der Waals surface area contributed by atoms with Crippen LogP contribution in [-0.4, -0.2) is 40.1 Å². The number of benzene rings is 2. The third-order valence-electron chi connectivity index (χ3n) is 5.08. The second kappa shape index (κ2) is 6.68. The van der Waals surface area contributed by atoms with Crippen molar-refractivity contribution in [1.82, 2.24) is 13.9 Å². The lowest BCUT2D eigenvalue weighted by molar-refractivity contribution is 0.0864. The summed E-state index contributed by atoms with van der Waals surface area (Å²) in [5, 5.41) is 3.12. The third-order valence-corrected chi connectivity index (χ3v) is 7.26. The van der Waals surface area contributed by atoms with Gasteiger partial charge in [0.15, 0.2) is 0 Å². The minimum atomic E-state index is -3.92. The molecule has 1 aliphatic carbocycles. The van der Waals surface area contributed by atoms with Gasteiger partial charge in [-0.1, -0.05) is 11.6 Å². The molecule has 152 valence electrons. The van der Waals surface area contributed by atoms with Gasteiger partial charge in [-0.3, -0.25) is 9.59 Å². The summed E-state index contributed by atoms with van der Waals surface area (Å²) in [6, 6.07) is 8.82. The van der Waals surface area contributed by atoms with Gasteiger partial charge in [-0.05, 0) is 49.2 Å². The number of nitrogens with one attached hydrogen (secondary N) is 1. The molecule has 2 amide bonds. The number of nitrogens with zero attached hydrogens (tertiary/aromatic N) is 3. The zero-order valence-corrected chi connectivity index (χ0v) is 17.0. The monoisotopic (exact) mass is 442 g/mol. The number of carbonyl (C=O) groups is 2. The Morgan fingerprint density at radius 2 is 1.97 bits per heavy atom. The van der Waals surface area contributed by atoms with E-state index < -0.39 is 21.8 Å². The van der Waals surface area contributed by atoms with E-state index in [1.165, 1.54) is 18.2 Å². The van der Waals surface area contributed by atoms with Gasteiger partial charge >= 0.3 is 0 Å². The molecule has 0 spiro atoms. The van der Waals surface area contributed by atoms with E-state index in [-0.39, 0.29) is 22.1 Å². The second-order valence-corrected chi connectivity index (χ2v) is 9.33. The van der Waals surface area contributed by atoms with Gasteiger partial charge in [0.25, 0.3) is 21.8 Å². The first-order valence-electron chi connectivity index (χ1n) is 9.18. The zero-order chi connectivity index (χ0) is 21.0. The number of hydrogen-bond acceptors (Lipinski definition) is 5. The van der Waals surface area contributed by atoms with Gasteiger partial charge in [-0.2, -0.15) is 0 Å². The van der Waals surface area contributed by atoms with Gasteiger partial charge in [-0.25, -0.2) is 17.7 Å². The summed E-state index contributed by atoms with van der Waals surface area (Å²) in [4.78, 5) is 29.0. The summed E-state index contributed by atoms with van der Waals surface area (Å²) in [7, 11) is -3.92. The van der Waals surface area contributed by atoms with Gasteiger partial charge in [0.2, 0.25) is 0 Å². The van der Waals surface area contributed by atoms with Crippen molar-refractivity contribution in [2.75, 3.05) is 5.32 Å². The number of hydrogen-bond donors (Lipinski definition) is 1. The normalized spacial score (nSPS) is 17.1. The van der Waals surface area contributed by atoms with Crippen LogP contribution in [0.2, 0.25) is 5.02 Å². The van der Waals surface area contributed by atoms with E-state index >= 15 is 0 Å². The van der Waals surface area contributed by atoms with Crippen LogP contribution < -0.4 is 5.32 Å². The van der Waals surface area contributed by atoms with Crippen LogP contribution in [0.4, 0.5) is 5.69 Å². The topological polar surface area (TPSA) is 101 Å². The molecule has 2 aliphatic rings. The van der Waals surface area contributed by atoms with Crippen molar-refractivity contribution >= 4 is 39.1 Å². The molecule has 8 nitrogen and oxygen atoms in total. The van der Waals surface area contributed by atoms with E-state index in [2.05, 4.69) is 10.3 Å². The number of anilines is 1. The van der Waals surface area contributed by atoms with Crippen LogP contribution in [0.15, 0.2) is 60.0 Å². The van der Waals surface area contributed by atoms with Gasteiger partial charge in [-0.15, -0.1) is 0 Å². The number of aromatic nitrogens is 2. The average Bonchev–Trinajstić information content (AvgIpc) is 3.33. The lowest BCUT2D eigenvalue weighted by Crippen LogP contribution is -2.31. The lowest BCUT2D eigenvalue weighted by atomic mass is 10.1. The maximum absolute atomic E-state index is 12.8. The Bertz CT molecular complexity index is 1300. The van der Waals surface area contributed by atoms with Crippen molar-refractivity contribution in [1.29, 1.82) is 0 Å². The summed E-state index contributed by atoms with van der Waals surface area (Å²) in [5.41, 5.74) is 1.39. The Labute approximate surface area is 177 Å². The lowest BCUT2D eigenvalue weighted by Gasteiger charge is -2.13. The van der Waals surface area contributed by atoms with Crippen molar-refractivity contribution in [3.63, 3.8) is 0 Å². The first-order chi connectivity index (χ1) is 14.4. The van der Waals surface area contributed by atoms with Gasteiger partial charge < -0.3 is 9.88 Å². The molecule has 2 heterocycles. The fourth-order valence-electron chi connectivity index (χ4n) is 3.46. The minimum absolute atomic E-state index is 0.103. The second-order valence-electron chi connectivity index (χ2n) is 7.14. The smallest absolute Gasteiger partial charge is 0.269 e. The van der Waals surface area contributed by atoms with Crippen LogP contribution in [0.3, 0.4) is 0 Å². The van der Waals surface area contributed by atoms with Crippen molar-refractivity contribution in [2.45, 2.75) is 23.8 Å². The maximum Gasteiger partial charge on any atom is 0.269 e. The molecule has 1 N–H and O–H groups in total. The Kier molecular flexibility index (Phi) is 4.19. The van der Waals surface area contributed by atoms with Crippen LogP contribution in [0, 0.1) is 0 Å². The Morgan fingerprint density at radius 3 is 2.63 bits per heavy atom. The van der Waals surface area contributed by atoms with Crippen LogP contribution in [-0.2, 0) is 10.0 Å². The molecule has 1 aromatic heterocycles. The highest BCUT2D eigenvalue weighted by atomic mass is 35.5. The van der Waals surface area contributed by atoms with E-state index in [1.54, 1.807) is 41.5 Å². The van der Waals surface area contributed by atoms with E-state index in [0.717, 1.165) is 4.31 Å². The van der Waals surface area contributed by atoms with Crippen LogP contribution in [0.1, 0.15) is 33.6 Å². The number of amides is 2. The Morgan fingerprint density at radius 1 is 1.17 bits per heavy atom. The van der Waals surface area contributed by atoms with Crippen LogP contribution >= 0.6 is 11.6 Å². The average molecular weight is 443 g/mol. The molecular formula is C20H15ClN4O4S. The molecular weight excluding hydrogens is 428 g/mol. The molecule has 1 saturated carbocycles. The van der Waals surface area contributed by atoms with Crippen molar-refractivity contribution in [2.24, 2.45) is 0 Å². The van der Waals surface area contributed by atoms with Gasteiger partial charge in [0.05, 0.1) is 22.6 Å². The largest absolute Gasteiger partial charge is 0.322 e. The summed E-state index contributed by atoms with van der Waals surface area (Å²) in [6.45, 7) is 0. The number of imidazole rings is 1. The quantitative estimate of drug-likeness (QED) is 0.669. The van der Waals surface area contributed by atoms with Gasteiger partial charge in [0.1, 0.15) is 4.90 Å². The minimum Gasteiger partial charge on any atom is -0.322 e. The van der Waals surface area contributed by atoms with E-state index in [9.17, 15) is 18.0 Å². The van der Waals surface area contributed by atoms with E-state index in [4.69, 9.17) is 11.6 Å². The highest BCUT2D eigenvalue weighted by Crippen LogP contribution is 2.39. The van der Waals surface area contributed by atoms with Crippen molar-refractivity contribution < 1.29 is 18.0 Å². The number of halogens is 1. The molecule has 1 fully saturated rings. The summed E-state index contributed by atoms with van der Waals surface area (Å²) in [5.74, 6) is -1.03. The summed E-state index contributed by atoms with van der Waals surface area (Å²) in [6.07, 6.45) is 6.32. The molecule has 0 saturated heterocycles. The molecule has 0 atom stereocenters. The van der Waals surface area contributed by atoms with Crippen molar-refractivity contribution in [3.8, 4) is 5.69 Å². The first-order valence-corrected chi connectivity index (χ1v) is 11.0. The number of carbonyl (C=O) groups excluding carboxylic acids is 2. The first kappa shape index (κ1) is 18.8. The summed E-state index contributed by atoms with van der Waals surface area (Å²) < 4.78 is 28.2. The fourth-order valence-corrected chi connectivity index (χ4v) is 5.58. The standard InChI is InChI=1S/C20H15ClN4O4S/c21-16-10-13(2-6-17(16)24-8-7-22-11-24)23-19(26)12-1-5-15-18(9-12)30(28,29)25(20(15)27)14-3-4-14/h1-2,5-11,14H,3-4H2,(H,23,26). The molecule has 1 aliphatic heterocycles.